The van der Waals surface area contributed by atoms with Gasteiger partial charge < -0.3 is 15.2 Å². The normalized spacial score (nSPS) is 17.4. The summed E-state index contributed by atoms with van der Waals surface area (Å²) in [5.41, 5.74) is 0.477. The Morgan fingerprint density at radius 1 is 1.32 bits per heavy atom. The first-order valence-corrected chi connectivity index (χ1v) is 7.88. The van der Waals surface area contributed by atoms with E-state index < -0.39 is 5.60 Å². The summed E-state index contributed by atoms with van der Waals surface area (Å²) < 4.78 is 5.34. The molecule has 2 rings (SSSR count). The van der Waals surface area contributed by atoms with Crippen molar-refractivity contribution in [1.29, 1.82) is 0 Å². The van der Waals surface area contributed by atoms with Crippen molar-refractivity contribution < 1.29 is 14.6 Å². The van der Waals surface area contributed by atoms with Gasteiger partial charge in [-0.1, -0.05) is 30.3 Å². The smallest absolute Gasteiger partial charge is 0.221 e. The molecule has 1 amide bonds. The van der Waals surface area contributed by atoms with Gasteiger partial charge in [0.15, 0.2) is 0 Å². The van der Waals surface area contributed by atoms with Crippen LogP contribution in [0.5, 0.6) is 0 Å². The number of aliphatic hydroxyl groups is 1. The van der Waals surface area contributed by atoms with Crippen molar-refractivity contribution in [2.45, 2.75) is 31.4 Å². The predicted molar refractivity (Wildman–Crippen MR) is 85.4 cm³/mol. The minimum absolute atomic E-state index is 0.0250. The quantitative estimate of drug-likeness (QED) is 0.794. The summed E-state index contributed by atoms with van der Waals surface area (Å²) in [5, 5.41) is 13.4. The molecule has 1 saturated heterocycles. The molecule has 0 bridgehead atoms. The van der Waals surface area contributed by atoms with E-state index >= 15 is 0 Å². The number of benzene rings is 1. The van der Waals surface area contributed by atoms with E-state index in [1.54, 1.807) is 7.05 Å². The topological polar surface area (TPSA) is 61.8 Å². The van der Waals surface area contributed by atoms with Crippen LogP contribution < -0.4 is 5.32 Å². The van der Waals surface area contributed by atoms with Crippen molar-refractivity contribution in [3.05, 3.63) is 35.9 Å². The Balaban J connectivity index is 1.98. The maximum Gasteiger partial charge on any atom is 0.221 e. The molecule has 22 heavy (non-hydrogen) atoms. The fourth-order valence-corrected chi connectivity index (χ4v) is 2.77. The monoisotopic (exact) mass is 306 g/mol. The Labute approximate surface area is 132 Å². The zero-order valence-electron chi connectivity index (χ0n) is 13.3. The molecule has 0 aliphatic carbocycles. The van der Waals surface area contributed by atoms with Crippen LogP contribution in [0.4, 0.5) is 0 Å². The van der Waals surface area contributed by atoms with Crippen LogP contribution in [-0.4, -0.2) is 54.9 Å². The summed E-state index contributed by atoms with van der Waals surface area (Å²) in [6.07, 6.45) is 1.74. The van der Waals surface area contributed by atoms with Gasteiger partial charge in [0.1, 0.15) is 0 Å². The van der Waals surface area contributed by atoms with Gasteiger partial charge in [0.05, 0.1) is 5.60 Å². The first kappa shape index (κ1) is 16.9. The standard InChI is InChI=1S/C17H26N2O3/c1-18-16(20)7-10-19(13-15-5-3-2-4-6-15)14-17(21)8-11-22-12-9-17/h2-6,21H,7-14H2,1H3,(H,18,20). The van der Waals surface area contributed by atoms with Gasteiger partial charge in [-0.15, -0.1) is 0 Å². The highest BCUT2D eigenvalue weighted by Crippen LogP contribution is 2.22. The summed E-state index contributed by atoms with van der Waals surface area (Å²) >= 11 is 0. The molecule has 1 fully saturated rings. The van der Waals surface area contributed by atoms with Gasteiger partial charge in [-0.3, -0.25) is 9.69 Å². The second kappa shape index (κ2) is 8.27. The maximum absolute atomic E-state index is 11.5. The number of rotatable bonds is 7. The molecule has 0 unspecified atom stereocenters. The Morgan fingerprint density at radius 2 is 2.00 bits per heavy atom. The number of hydrogen-bond donors (Lipinski definition) is 2. The first-order valence-electron chi connectivity index (χ1n) is 7.88. The molecule has 1 aromatic rings. The third-order valence-corrected chi connectivity index (χ3v) is 4.12. The molecule has 0 aromatic heterocycles. The van der Waals surface area contributed by atoms with Crippen molar-refractivity contribution in [2.24, 2.45) is 0 Å². The van der Waals surface area contributed by atoms with Gasteiger partial charge >= 0.3 is 0 Å². The van der Waals surface area contributed by atoms with Crippen LogP contribution in [-0.2, 0) is 16.1 Å². The molecular weight excluding hydrogens is 280 g/mol. The van der Waals surface area contributed by atoms with E-state index in [0.29, 0.717) is 45.6 Å². The lowest BCUT2D eigenvalue weighted by Gasteiger charge is -2.37. The molecule has 0 saturated carbocycles. The van der Waals surface area contributed by atoms with E-state index in [1.165, 1.54) is 5.56 Å². The second-order valence-corrected chi connectivity index (χ2v) is 5.96. The fourth-order valence-electron chi connectivity index (χ4n) is 2.77. The fraction of sp³-hybridized carbons (Fsp3) is 0.588. The van der Waals surface area contributed by atoms with Crippen molar-refractivity contribution in [3.63, 3.8) is 0 Å². The SMILES string of the molecule is CNC(=O)CCN(Cc1ccccc1)CC1(O)CCOCC1. The summed E-state index contributed by atoms with van der Waals surface area (Å²) in [5.74, 6) is 0.0250. The lowest BCUT2D eigenvalue weighted by Crippen LogP contribution is -2.47. The molecular formula is C17H26N2O3. The number of amides is 1. The highest BCUT2D eigenvalue weighted by molar-refractivity contribution is 5.75. The summed E-state index contributed by atoms with van der Waals surface area (Å²) in [4.78, 5) is 13.7. The lowest BCUT2D eigenvalue weighted by atomic mass is 9.93. The van der Waals surface area contributed by atoms with Crippen molar-refractivity contribution in [2.75, 3.05) is 33.4 Å². The highest BCUT2D eigenvalue weighted by atomic mass is 16.5. The Morgan fingerprint density at radius 3 is 2.64 bits per heavy atom. The number of nitrogens with one attached hydrogen (secondary N) is 1. The maximum atomic E-state index is 11.5. The van der Waals surface area contributed by atoms with E-state index in [4.69, 9.17) is 4.74 Å². The van der Waals surface area contributed by atoms with Crippen LogP contribution in [0.15, 0.2) is 30.3 Å². The summed E-state index contributed by atoms with van der Waals surface area (Å²) in [6, 6.07) is 10.1. The molecule has 1 aliphatic rings. The minimum Gasteiger partial charge on any atom is -0.388 e. The van der Waals surface area contributed by atoms with Crippen molar-refractivity contribution in [3.8, 4) is 0 Å². The third-order valence-electron chi connectivity index (χ3n) is 4.12. The van der Waals surface area contributed by atoms with E-state index in [-0.39, 0.29) is 5.91 Å². The van der Waals surface area contributed by atoms with E-state index in [9.17, 15) is 9.90 Å². The summed E-state index contributed by atoms with van der Waals surface area (Å²) in [7, 11) is 1.65. The van der Waals surface area contributed by atoms with Gasteiger partial charge in [-0.25, -0.2) is 0 Å². The minimum atomic E-state index is -0.713. The number of carbonyl (C=O) groups is 1. The van der Waals surface area contributed by atoms with Crippen molar-refractivity contribution in [1.82, 2.24) is 10.2 Å². The van der Waals surface area contributed by atoms with E-state index in [1.807, 2.05) is 18.2 Å². The number of nitrogens with zero attached hydrogens (tertiary/aromatic N) is 1. The second-order valence-electron chi connectivity index (χ2n) is 5.96. The van der Waals surface area contributed by atoms with E-state index in [0.717, 1.165) is 6.54 Å². The van der Waals surface area contributed by atoms with Crippen LogP contribution in [0.2, 0.25) is 0 Å². The zero-order chi connectivity index (χ0) is 15.8. The third kappa shape index (κ3) is 5.40. The molecule has 5 heteroatoms. The van der Waals surface area contributed by atoms with Gasteiger partial charge in [0.2, 0.25) is 5.91 Å². The zero-order valence-corrected chi connectivity index (χ0v) is 13.3. The molecule has 122 valence electrons. The summed E-state index contributed by atoms with van der Waals surface area (Å²) in [6.45, 7) is 3.15. The average Bonchev–Trinajstić information content (AvgIpc) is 2.53. The Bertz CT molecular complexity index is 458. The molecule has 1 aliphatic heterocycles. The molecule has 0 atom stereocenters. The van der Waals surface area contributed by atoms with Gasteiger partial charge in [-0.05, 0) is 5.56 Å². The number of ether oxygens (including phenoxy) is 1. The number of hydrogen-bond acceptors (Lipinski definition) is 4. The predicted octanol–water partition coefficient (Wildman–Crippen LogP) is 1.17. The Hall–Kier alpha value is -1.43. The molecule has 1 aromatic carbocycles. The van der Waals surface area contributed by atoms with Gasteiger partial charge in [0, 0.05) is 59.2 Å². The van der Waals surface area contributed by atoms with Crippen LogP contribution in [0.25, 0.3) is 0 Å². The van der Waals surface area contributed by atoms with Gasteiger partial charge in [-0.2, -0.15) is 0 Å². The largest absolute Gasteiger partial charge is 0.388 e. The Kier molecular flexibility index (Phi) is 6.36. The number of carbonyl (C=O) groups excluding carboxylic acids is 1. The molecule has 5 nitrogen and oxygen atoms in total. The van der Waals surface area contributed by atoms with E-state index in [2.05, 4.69) is 22.3 Å². The van der Waals surface area contributed by atoms with Crippen LogP contribution in [0.3, 0.4) is 0 Å². The molecule has 0 radical (unpaired) electrons. The molecule has 1 heterocycles. The molecule has 0 spiro atoms. The first-order chi connectivity index (χ1) is 10.6. The van der Waals surface area contributed by atoms with Crippen molar-refractivity contribution >= 4 is 5.91 Å². The average molecular weight is 306 g/mol. The van der Waals surface area contributed by atoms with Crippen LogP contribution in [0.1, 0.15) is 24.8 Å². The van der Waals surface area contributed by atoms with Crippen LogP contribution >= 0.6 is 0 Å². The van der Waals surface area contributed by atoms with Crippen LogP contribution in [0, 0.1) is 0 Å². The van der Waals surface area contributed by atoms with Gasteiger partial charge in [0.25, 0.3) is 0 Å². The lowest BCUT2D eigenvalue weighted by molar-refractivity contribution is -0.121. The molecule has 2 N–H and O–H groups in total. The highest BCUT2D eigenvalue weighted by Gasteiger charge is 2.32.